The van der Waals surface area contributed by atoms with Crippen molar-refractivity contribution in [1.82, 2.24) is 4.72 Å². The molecule has 0 aliphatic rings. The Bertz CT molecular complexity index is 744. The van der Waals surface area contributed by atoms with Gasteiger partial charge in [-0.15, -0.1) is 0 Å². The van der Waals surface area contributed by atoms with E-state index in [1.54, 1.807) is 30.3 Å². The first-order valence-corrected chi connectivity index (χ1v) is 8.08. The minimum absolute atomic E-state index is 0.306. The summed E-state index contributed by atoms with van der Waals surface area (Å²) in [5.74, 6) is 0. The van der Waals surface area contributed by atoms with Gasteiger partial charge in [-0.05, 0) is 29.8 Å². The number of hydrogen-bond acceptors (Lipinski definition) is 3. The first-order valence-electron chi connectivity index (χ1n) is 6.59. The van der Waals surface area contributed by atoms with E-state index in [1.807, 2.05) is 0 Å². The Hall–Kier alpha value is -1.90. The number of halogens is 3. The average Bonchev–Trinajstić information content (AvgIpc) is 2.53. The Morgan fingerprint density at radius 2 is 1.57 bits per heavy atom. The molecule has 0 amide bonds. The van der Waals surface area contributed by atoms with Crippen LogP contribution in [0.2, 0.25) is 0 Å². The van der Waals surface area contributed by atoms with Crippen molar-refractivity contribution in [3.63, 3.8) is 0 Å². The van der Waals surface area contributed by atoms with Crippen molar-refractivity contribution < 1.29 is 26.7 Å². The fraction of sp³-hybridized carbons (Fsp3) is 0.200. The van der Waals surface area contributed by atoms with Crippen LogP contribution in [0.15, 0.2) is 59.5 Å². The van der Waals surface area contributed by atoms with Gasteiger partial charge in [0, 0.05) is 0 Å². The number of sulfonamides is 1. The molecule has 8 heteroatoms. The predicted molar refractivity (Wildman–Crippen MR) is 78.0 cm³/mol. The Morgan fingerprint density at radius 3 is 2.04 bits per heavy atom. The summed E-state index contributed by atoms with van der Waals surface area (Å²) >= 11 is 0. The molecule has 0 fully saturated rings. The summed E-state index contributed by atoms with van der Waals surface area (Å²) in [5, 5.41) is 9.36. The molecule has 0 saturated carbocycles. The number of alkyl halides is 3. The maximum absolute atomic E-state index is 12.5. The number of aliphatic hydroxyl groups excluding tert-OH is 1. The van der Waals surface area contributed by atoms with E-state index in [4.69, 9.17) is 0 Å². The van der Waals surface area contributed by atoms with E-state index in [9.17, 15) is 26.7 Å². The van der Waals surface area contributed by atoms with Crippen LogP contribution in [0.5, 0.6) is 0 Å². The van der Waals surface area contributed by atoms with E-state index >= 15 is 0 Å². The van der Waals surface area contributed by atoms with Crippen molar-refractivity contribution in [3.05, 3.63) is 65.7 Å². The lowest BCUT2D eigenvalue weighted by atomic mass is 10.1. The van der Waals surface area contributed by atoms with Crippen LogP contribution in [0.4, 0.5) is 13.2 Å². The second kappa shape index (κ2) is 6.69. The van der Waals surface area contributed by atoms with Gasteiger partial charge in [0.25, 0.3) is 0 Å². The molecule has 1 atom stereocenters. The Balaban J connectivity index is 2.24. The van der Waals surface area contributed by atoms with Gasteiger partial charge in [-0.2, -0.15) is 13.2 Å². The van der Waals surface area contributed by atoms with Crippen LogP contribution in [0.3, 0.4) is 0 Å². The molecule has 2 N–H and O–H groups in total. The van der Waals surface area contributed by atoms with Crippen LogP contribution >= 0.6 is 0 Å². The third kappa shape index (κ3) is 4.31. The summed E-state index contributed by atoms with van der Waals surface area (Å²) in [6.07, 6.45) is -4.53. The second-order valence-electron chi connectivity index (χ2n) is 4.79. The molecule has 0 spiro atoms. The lowest BCUT2D eigenvalue weighted by molar-refractivity contribution is -0.137. The fourth-order valence-corrected chi connectivity index (χ4v) is 3.19. The molecule has 0 aliphatic heterocycles. The molecular formula is C15H14F3NO3S. The highest BCUT2D eigenvalue weighted by Gasteiger charge is 2.31. The molecule has 0 radical (unpaired) electrons. The van der Waals surface area contributed by atoms with E-state index in [0.29, 0.717) is 17.7 Å². The third-order valence-electron chi connectivity index (χ3n) is 3.17. The van der Waals surface area contributed by atoms with Gasteiger partial charge >= 0.3 is 6.18 Å². The summed E-state index contributed by atoms with van der Waals surface area (Å²) in [7, 11) is -4.06. The smallest absolute Gasteiger partial charge is 0.394 e. The normalized spacial score (nSPS) is 13.7. The molecule has 2 rings (SSSR count). The van der Waals surface area contributed by atoms with E-state index in [0.717, 1.165) is 12.1 Å². The van der Waals surface area contributed by atoms with Gasteiger partial charge in [-0.1, -0.05) is 30.3 Å². The zero-order valence-electron chi connectivity index (χ0n) is 11.8. The van der Waals surface area contributed by atoms with E-state index in [2.05, 4.69) is 4.72 Å². The second-order valence-corrected chi connectivity index (χ2v) is 6.50. The van der Waals surface area contributed by atoms with Gasteiger partial charge in [0.2, 0.25) is 10.0 Å². The molecule has 0 saturated heterocycles. The molecule has 0 aliphatic carbocycles. The van der Waals surface area contributed by atoms with Gasteiger partial charge in [-0.25, -0.2) is 13.1 Å². The van der Waals surface area contributed by atoms with Gasteiger partial charge in [0.15, 0.2) is 0 Å². The monoisotopic (exact) mass is 345 g/mol. The largest absolute Gasteiger partial charge is 0.416 e. The quantitative estimate of drug-likeness (QED) is 0.876. The number of rotatable bonds is 5. The first kappa shape index (κ1) is 17.5. The molecule has 0 bridgehead atoms. The summed E-state index contributed by atoms with van der Waals surface area (Å²) in [5.41, 5.74) is -0.385. The highest BCUT2D eigenvalue weighted by atomic mass is 32.2. The molecule has 0 aromatic heterocycles. The molecule has 124 valence electrons. The first-order chi connectivity index (χ1) is 10.7. The zero-order chi connectivity index (χ0) is 17.1. The van der Waals surface area contributed by atoms with E-state index in [-0.39, 0.29) is 4.90 Å². The average molecular weight is 345 g/mol. The van der Waals surface area contributed by atoms with Crippen molar-refractivity contribution in [3.8, 4) is 0 Å². The minimum atomic E-state index is -4.53. The minimum Gasteiger partial charge on any atom is -0.394 e. The lowest BCUT2D eigenvalue weighted by Crippen LogP contribution is -2.30. The topological polar surface area (TPSA) is 66.4 Å². The maximum atomic E-state index is 12.5. The number of aliphatic hydroxyl groups is 1. The van der Waals surface area contributed by atoms with E-state index < -0.39 is 34.4 Å². The number of benzene rings is 2. The standard InChI is InChI=1S/C15H14F3NO3S/c16-15(17,18)12-6-8-13(9-7-12)23(21,22)19-14(10-20)11-4-2-1-3-5-11/h1-9,14,19-20H,10H2. The third-order valence-corrected chi connectivity index (χ3v) is 4.66. The van der Waals surface area contributed by atoms with Crippen molar-refractivity contribution in [2.24, 2.45) is 0 Å². The fourth-order valence-electron chi connectivity index (χ4n) is 1.97. The van der Waals surface area contributed by atoms with Crippen molar-refractivity contribution in [1.29, 1.82) is 0 Å². The van der Waals surface area contributed by atoms with Crippen LogP contribution in [0.1, 0.15) is 17.2 Å². The summed E-state index contributed by atoms with van der Waals surface area (Å²) in [6.45, 7) is -0.482. The molecule has 4 nitrogen and oxygen atoms in total. The highest BCUT2D eigenvalue weighted by Crippen LogP contribution is 2.29. The van der Waals surface area contributed by atoms with Crippen molar-refractivity contribution in [2.75, 3.05) is 6.61 Å². The van der Waals surface area contributed by atoms with Crippen LogP contribution in [0, 0.1) is 0 Å². The maximum Gasteiger partial charge on any atom is 0.416 e. The lowest BCUT2D eigenvalue weighted by Gasteiger charge is -2.17. The summed E-state index contributed by atoms with van der Waals surface area (Å²) in [4.78, 5) is -0.306. The molecule has 2 aromatic rings. The Labute approximate surface area is 131 Å². The van der Waals surface area contributed by atoms with Crippen LogP contribution in [-0.4, -0.2) is 20.1 Å². The predicted octanol–water partition coefficient (Wildman–Crippen LogP) is 2.72. The van der Waals surface area contributed by atoms with Crippen LogP contribution in [-0.2, 0) is 16.2 Å². The van der Waals surface area contributed by atoms with Gasteiger partial charge in [0.1, 0.15) is 0 Å². The SMILES string of the molecule is O=S(=O)(NC(CO)c1ccccc1)c1ccc(C(F)(F)F)cc1. The van der Waals surface area contributed by atoms with Gasteiger partial charge < -0.3 is 5.11 Å². The zero-order valence-corrected chi connectivity index (χ0v) is 12.6. The van der Waals surface area contributed by atoms with Crippen LogP contribution in [0.25, 0.3) is 0 Å². The molecule has 1 unspecified atom stereocenters. The summed E-state index contributed by atoms with van der Waals surface area (Å²) in [6, 6.07) is 10.7. The number of hydrogen-bond donors (Lipinski definition) is 2. The van der Waals surface area contributed by atoms with Crippen molar-refractivity contribution in [2.45, 2.75) is 17.1 Å². The Kier molecular flexibility index (Phi) is 5.08. The molecule has 0 heterocycles. The summed E-state index contributed by atoms with van der Waals surface area (Å²) < 4.78 is 64.3. The van der Waals surface area contributed by atoms with Crippen LogP contribution < -0.4 is 4.72 Å². The van der Waals surface area contributed by atoms with Gasteiger partial charge in [-0.3, -0.25) is 0 Å². The number of nitrogens with one attached hydrogen (secondary N) is 1. The van der Waals surface area contributed by atoms with Gasteiger partial charge in [0.05, 0.1) is 23.1 Å². The molecule has 2 aromatic carbocycles. The molecular weight excluding hydrogens is 331 g/mol. The van der Waals surface area contributed by atoms with Crippen molar-refractivity contribution >= 4 is 10.0 Å². The molecule has 23 heavy (non-hydrogen) atoms. The highest BCUT2D eigenvalue weighted by molar-refractivity contribution is 7.89. The Morgan fingerprint density at radius 1 is 1.00 bits per heavy atom. The van der Waals surface area contributed by atoms with E-state index in [1.165, 1.54) is 0 Å².